The molecular formula is C18H15ClF2N4O4S2. The zero-order valence-electron chi connectivity index (χ0n) is 15.7. The van der Waals surface area contributed by atoms with Crippen LogP contribution in [0.2, 0.25) is 4.34 Å². The summed E-state index contributed by atoms with van der Waals surface area (Å²) in [4.78, 5) is 12.8. The maximum Gasteiger partial charge on any atom is 0.322 e. The molecule has 1 aliphatic rings. The lowest BCUT2D eigenvalue weighted by Gasteiger charge is -2.32. The highest BCUT2D eigenvalue weighted by molar-refractivity contribution is 7.91. The highest BCUT2D eigenvalue weighted by atomic mass is 35.5. The minimum absolute atomic E-state index is 0.0454. The smallest absolute Gasteiger partial charge is 0.322 e. The van der Waals surface area contributed by atoms with Gasteiger partial charge in [0.1, 0.15) is 21.9 Å². The van der Waals surface area contributed by atoms with Gasteiger partial charge in [0.25, 0.3) is 15.9 Å². The summed E-state index contributed by atoms with van der Waals surface area (Å²) in [6.07, 6.45) is 1.57. The van der Waals surface area contributed by atoms with Crippen molar-refractivity contribution in [3.8, 4) is 11.5 Å². The Morgan fingerprint density at radius 2 is 2.03 bits per heavy atom. The Bertz CT molecular complexity index is 1230. The summed E-state index contributed by atoms with van der Waals surface area (Å²) in [7, 11) is -3.92. The second kappa shape index (κ2) is 8.61. The van der Waals surface area contributed by atoms with Gasteiger partial charge < -0.3 is 4.42 Å². The molecule has 31 heavy (non-hydrogen) atoms. The molecule has 1 saturated heterocycles. The largest absolute Gasteiger partial charge is 0.403 e. The monoisotopic (exact) mass is 488 g/mol. The molecule has 0 bridgehead atoms. The van der Waals surface area contributed by atoms with E-state index in [2.05, 4.69) is 15.5 Å². The molecule has 0 spiro atoms. The Morgan fingerprint density at radius 1 is 1.23 bits per heavy atom. The second-order valence-corrected chi connectivity index (χ2v) is 10.5. The molecule has 4 rings (SSSR count). The molecule has 164 valence electrons. The molecule has 13 heteroatoms. The van der Waals surface area contributed by atoms with Gasteiger partial charge in [-0.15, -0.1) is 16.4 Å². The van der Waals surface area contributed by atoms with E-state index in [-0.39, 0.29) is 28.2 Å². The number of thiophene rings is 1. The number of amides is 1. The quantitative estimate of drug-likeness (QED) is 0.583. The van der Waals surface area contributed by atoms with E-state index in [0.29, 0.717) is 29.7 Å². The number of benzene rings is 1. The number of nitrogens with zero attached hydrogens (tertiary/aromatic N) is 3. The van der Waals surface area contributed by atoms with Crippen molar-refractivity contribution in [3.63, 3.8) is 0 Å². The van der Waals surface area contributed by atoms with Crippen LogP contribution >= 0.6 is 22.9 Å². The van der Waals surface area contributed by atoms with Crippen molar-refractivity contribution in [2.45, 2.75) is 29.5 Å². The van der Waals surface area contributed by atoms with E-state index in [4.69, 9.17) is 16.0 Å². The van der Waals surface area contributed by atoms with E-state index in [1.54, 1.807) is 0 Å². The summed E-state index contributed by atoms with van der Waals surface area (Å²) in [5, 5.41) is 9.69. The SMILES string of the molecule is O=C(Nc1nnc(-c2ccc(F)cc2F)o1)C1CCCCN1S(=O)(=O)c1ccc(Cl)s1. The molecule has 0 aliphatic carbocycles. The molecule has 8 nitrogen and oxygen atoms in total. The first kappa shape index (κ1) is 21.8. The van der Waals surface area contributed by atoms with Gasteiger partial charge in [0.15, 0.2) is 0 Å². The second-order valence-electron chi connectivity index (χ2n) is 6.71. The van der Waals surface area contributed by atoms with Crippen LogP contribution in [-0.4, -0.2) is 41.4 Å². The molecule has 1 fully saturated rings. The Kier molecular flexibility index (Phi) is 6.06. The zero-order chi connectivity index (χ0) is 22.2. The number of piperidine rings is 1. The third kappa shape index (κ3) is 4.47. The van der Waals surface area contributed by atoms with Crippen molar-refractivity contribution in [1.29, 1.82) is 0 Å². The van der Waals surface area contributed by atoms with Crippen molar-refractivity contribution in [1.82, 2.24) is 14.5 Å². The van der Waals surface area contributed by atoms with Gasteiger partial charge in [-0.3, -0.25) is 10.1 Å². The number of sulfonamides is 1. The van der Waals surface area contributed by atoms with Gasteiger partial charge in [0, 0.05) is 12.6 Å². The standard InChI is InChI=1S/C18H15ClF2N4O4S2/c19-14-6-7-15(30-14)31(27,28)25-8-2-1-3-13(25)16(26)22-18-24-23-17(29-18)11-5-4-10(20)9-12(11)21/h4-7,9,13H,1-3,8H2,(H,22,24,26). The van der Waals surface area contributed by atoms with Crippen molar-refractivity contribution < 1.29 is 26.4 Å². The lowest BCUT2D eigenvalue weighted by atomic mass is 10.0. The van der Waals surface area contributed by atoms with E-state index in [1.165, 1.54) is 12.1 Å². The molecule has 1 aromatic carbocycles. The molecule has 1 N–H and O–H groups in total. The summed E-state index contributed by atoms with van der Waals surface area (Å²) < 4.78 is 59.7. The lowest BCUT2D eigenvalue weighted by Crippen LogP contribution is -2.49. The number of nitrogens with one attached hydrogen (secondary N) is 1. The third-order valence-electron chi connectivity index (χ3n) is 4.68. The Hall–Kier alpha value is -2.41. The predicted octanol–water partition coefficient (Wildman–Crippen LogP) is 3.91. The van der Waals surface area contributed by atoms with Crippen LogP contribution in [0.5, 0.6) is 0 Å². The van der Waals surface area contributed by atoms with Crippen molar-refractivity contribution in [2.24, 2.45) is 0 Å². The molecule has 3 heterocycles. The highest BCUT2D eigenvalue weighted by Crippen LogP contribution is 2.32. The Morgan fingerprint density at radius 3 is 2.74 bits per heavy atom. The van der Waals surface area contributed by atoms with Gasteiger partial charge in [-0.1, -0.05) is 23.1 Å². The van der Waals surface area contributed by atoms with Crippen LogP contribution in [0.25, 0.3) is 11.5 Å². The van der Waals surface area contributed by atoms with E-state index >= 15 is 0 Å². The van der Waals surface area contributed by atoms with E-state index in [1.807, 2.05) is 0 Å². The van der Waals surface area contributed by atoms with Gasteiger partial charge in [0.05, 0.1) is 9.90 Å². The van der Waals surface area contributed by atoms with Crippen molar-refractivity contribution >= 4 is 44.9 Å². The summed E-state index contributed by atoms with van der Waals surface area (Å²) >= 11 is 6.78. The molecular weight excluding hydrogens is 474 g/mol. The summed E-state index contributed by atoms with van der Waals surface area (Å²) in [5.74, 6) is -2.57. The maximum atomic E-state index is 13.9. The number of hydrogen-bond acceptors (Lipinski definition) is 7. The Labute approximate surface area is 184 Å². The molecule has 1 aliphatic heterocycles. The van der Waals surface area contributed by atoms with Crippen LogP contribution in [0.4, 0.5) is 14.8 Å². The highest BCUT2D eigenvalue weighted by Gasteiger charge is 2.38. The van der Waals surface area contributed by atoms with Crippen LogP contribution in [-0.2, 0) is 14.8 Å². The van der Waals surface area contributed by atoms with Gasteiger partial charge in [-0.2, -0.15) is 4.31 Å². The normalized spacial score (nSPS) is 17.6. The summed E-state index contributed by atoms with van der Waals surface area (Å²) in [6.45, 7) is 0.172. The first-order chi connectivity index (χ1) is 14.8. The van der Waals surface area contributed by atoms with Gasteiger partial charge in [0.2, 0.25) is 5.91 Å². The minimum atomic E-state index is -3.92. The van der Waals surface area contributed by atoms with Gasteiger partial charge in [-0.05, 0) is 37.1 Å². The first-order valence-electron chi connectivity index (χ1n) is 9.12. The zero-order valence-corrected chi connectivity index (χ0v) is 18.1. The molecule has 3 aromatic rings. The van der Waals surface area contributed by atoms with Crippen molar-refractivity contribution in [3.05, 3.63) is 46.3 Å². The lowest BCUT2D eigenvalue weighted by molar-refractivity contribution is -0.120. The number of halogens is 3. The molecule has 2 aromatic heterocycles. The first-order valence-corrected chi connectivity index (χ1v) is 11.8. The van der Waals surface area contributed by atoms with Crippen LogP contribution in [0, 0.1) is 11.6 Å². The van der Waals surface area contributed by atoms with Gasteiger partial charge in [-0.25, -0.2) is 17.2 Å². The van der Waals surface area contributed by atoms with Crippen LogP contribution in [0.3, 0.4) is 0 Å². The average molecular weight is 489 g/mol. The number of carbonyl (C=O) groups excluding carboxylic acids is 1. The molecule has 0 radical (unpaired) electrons. The van der Waals surface area contributed by atoms with Crippen LogP contribution < -0.4 is 5.32 Å². The number of carbonyl (C=O) groups is 1. The minimum Gasteiger partial charge on any atom is -0.403 e. The fraction of sp³-hybridized carbons (Fsp3) is 0.278. The molecule has 1 atom stereocenters. The van der Waals surface area contributed by atoms with Crippen LogP contribution in [0.15, 0.2) is 39.0 Å². The van der Waals surface area contributed by atoms with E-state index in [0.717, 1.165) is 27.8 Å². The third-order valence-corrected chi connectivity index (χ3v) is 8.29. The fourth-order valence-corrected chi connectivity index (χ4v) is 6.51. The number of rotatable bonds is 5. The van der Waals surface area contributed by atoms with E-state index in [9.17, 15) is 22.0 Å². The number of aromatic nitrogens is 2. The van der Waals surface area contributed by atoms with Gasteiger partial charge >= 0.3 is 6.01 Å². The number of anilines is 1. The topological polar surface area (TPSA) is 105 Å². The fourth-order valence-electron chi connectivity index (χ4n) is 3.24. The summed E-state index contributed by atoms with van der Waals surface area (Å²) in [6, 6.07) is 4.39. The molecule has 1 unspecified atom stereocenters. The predicted molar refractivity (Wildman–Crippen MR) is 109 cm³/mol. The average Bonchev–Trinajstić information content (AvgIpc) is 3.37. The Balaban J connectivity index is 1.54. The van der Waals surface area contributed by atoms with E-state index < -0.39 is 33.6 Å². The maximum absolute atomic E-state index is 13.9. The number of hydrogen-bond donors (Lipinski definition) is 1. The summed E-state index contributed by atoms with van der Waals surface area (Å²) in [5.41, 5.74) is -0.133. The molecule has 1 amide bonds. The van der Waals surface area contributed by atoms with Crippen LogP contribution in [0.1, 0.15) is 19.3 Å². The molecule has 0 saturated carbocycles. The van der Waals surface area contributed by atoms with Crippen molar-refractivity contribution in [2.75, 3.05) is 11.9 Å².